The number of hydrogen-bond donors (Lipinski definition) is 1. The lowest BCUT2D eigenvalue weighted by molar-refractivity contribution is 1.42. The highest BCUT2D eigenvalue weighted by molar-refractivity contribution is 7.20. The normalized spacial score (nSPS) is 10.7. The SMILES string of the molecule is Nc1ccccc1-c1nc(-c2ccc(Cl)s2)cs1. The minimum Gasteiger partial charge on any atom is -0.398 e. The van der Waals surface area contributed by atoms with E-state index in [-0.39, 0.29) is 0 Å². The number of anilines is 1. The molecule has 18 heavy (non-hydrogen) atoms. The lowest BCUT2D eigenvalue weighted by Crippen LogP contribution is -1.88. The van der Waals surface area contributed by atoms with E-state index >= 15 is 0 Å². The second kappa shape index (κ2) is 4.72. The fourth-order valence-corrected chi connectivity index (χ4v) is 3.60. The molecule has 0 atom stereocenters. The molecule has 2 nitrogen and oxygen atoms in total. The maximum absolute atomic E-state index is 5.95. The summed E-state index contributed by atoms with van der Waals surface area (Å²) in [7, 11) is 0. The third-order valence-electron chi connectivity index (χ3n) is 2.52. The number of thiophene rings is 1. The van der Waals surface area contributed by atoms with Crippen LogP contribution in [0.15, 0.2) is 41.8 Å². The van der Waals surface area contributed by atoms with Crippen molar-refractivity contribution in [2.24, 2.45) is 0 Å². The number of nitrogens with zero attached hydrogens (tertiary/aromatic N) is 1. The van der Waals surface area contributed by atoms with Gasteiger partial charge in [-0.3, -0.25) is 0 Å². The Balaban J connectivity index is 2.02. The van der Waals surface area contributed by atoms with Crippen LogP contribution in [0.3, 0.4) is 0 Å². The molecule has 0 radical (unpaired) electrons. The maximum Gasteiger partial charge on any atom is 0.126 e. The van der Waals surface area contributed by atoms with Crippen molar-refractivity contribution in [1.82, 2.24) is 4.98 Å². The van der Waals surface area contributed by atoms with Crippen molar-refractivity contribution in [1.29, 1.82) is 0 Å². The lowest BCUT2D eigenvalue weighted by Gasteiger charge is -1.99. The van der Waals surface area contributed by atoms with Crippen molar-refractivity contribution < 1.29 is 0 Å². The molecule has 3 aromatic rings. The maximum atomic E-state index is 5.95. The van der Waals surface area contributed by atoms with Gasteiger partial charge in [-0.2, -0.15) is 0 Å². The zero-order chi connectivity index (χ0) is 12.5. The summed E-state index contributed by atoms with van der Waals surface area (Å²) in [6.07, 6.45) is 0. The van der Waals surface area contributed by atoms with Crippen LogP contribution in [0.5, 0.6) is 0 Å². The standard InChI is InChI=1S/C13H9ClN2S2/c14-12-6-5-11(18-12)10-7-17-13(16-10)8-3-1-2-4-9(8)15/h1-7H,15H2. The first-order valence-electron chi connectivity index (χ1n) is 5.30. The first kappa shape index (κ1) is 11.7. The Bertz CT molecular complexity index is 688. The number of nitrogen functional groups attached to an aromatic ring is 1. The molecular weight excluding hydrogens is 284 g/mol. The molecule has 0 saturated carbocycles. The topological polar surface area (TPSA) is 38.9 Å². The average Bonchev–Trinajstić information content (AvgIpc) is 2.98. The first-order chi connectivity index (χ1) is 8.74. The molecule has 5 heteroatoms. The molecule has 1 aromatic carbocycles. The average molecular weight is 293 g/mol. The van der Waals surface area contributed by atoms with E-state index in [1.54, 1.807) is 11.3 Å². The van der Waals surface area contributed by atoms with E-state index in [0.717, 1.165) is 31.2 Å². The molecule has 0 saturated heterocycles. The summed E-state index contributed by atoms with van der Waals surface area (Å²) in [5.74, 6) is 0. The van der Waals surface area contributed by atoms with Gasteiger partial charge >= 0.3 is 0 Å². The van der Waals surface area contributed by atoms with Crippen molar-refractivity contribution in [3.63, 3.8) is 0 Å². The van der Waals surface area contributed by atoms with Crippen molar-refractivity contribution in [2.45, 2.75) is 0 Å². The fourth-order valence-electron chi connectivity index (χ4n) is 1.65. The Morgan fingerprint density at radius 2 is 1.94 bits per heavy atom. The van der Waals surface area contributed by atoms with Crippen LogP contribution in [-0.2, 0) is 0 Å². The number of hydrogen-bond acceptors (Lipinski definition) is 4. The summed E-state index contributed by atoms with van der Waals surface area (Å²) >= 11 is 9.06. The van der Waals surface area contributed by atoms with Crippen LogP contribution in [0.1, 0.15) is 0 Å². The summed E-state index contributed by atoms with van der Waals surface area (Å²) in [6.45, 7) is 0. The third-order valence-corrected chi connectivity index (χ3v) is 4.65. The van der Waals surface area contributed by atoms with Gasteiger partial charge in [0.1, 0.15) is 5.01 Å². The quantitative estimate of drug-likeness (QED) is 0.691. The van der Waals surface area contributed by atoms with Gasteiger partial charge in [-0.1, -0.05) is 23.7 Å². The van der Waals surface area contributed by atoms with Gasteiger partial charge in [0, 0.05) is 16.6 Å². The zero-order valence-electron chi connectivity index (χ0n) is 9.26. The molecule has 2 N–H and O–H groups in total. The van der Waals surface area contributed by atoms with Crippen LogP contribution in [0.2, 0.25) is 4.34 Å². The Hall–Kier alpha value is -1.36. The summed E-state index contributed by atoms with van der Waals surface area (Å²) in [5.41, 5.74) is 8.64. The molecule has 0 unspecified atom stereocenters. The molecule has 0 fully saturated rings. The molecule has 3 rings (SSSR count). The molecule has 0 aliphatic rings. The number of halogens is 1. The van der Waals surface area contributed by atoms with E-state index in [1.807, 2.05) is 41.8 Å². The van der Waals surface area contributed by atoms with Gasteiger partial charge in [-0.25, -0.2) is 4.98 Å². The molecule has 0 spiro atoms. The number of thiazole rings is 1. The van der Waals surface area contributed by atoms with Crippen LogP contribution < -0.4 is 5.73 Å². The van der Waals surface area contributed by atoms with Crippen LogP contribution in [-0.4, -0.2) is 4.98 Å². The van der Waals surface area contributed by atoms with Crippen molar-refractivity contribution >= 4 is 40.0 Å². The predicted molar refractivity (Wildman–Crippen MR) is 80.3 cm³/mol. The smallest absolute Gasteiger partial charge is 0.126 e. The number of rotatable bonds is 2. The first-order valence-corrected chi connectivity index (χ1v) is 7.37. The summed E-state index contributed by atoms with van der Waals surface area (Å²) in [5, 5.41) is 2.97. The number of nitrogens with two attached hydrogens (primary N) is 1. The van der Waals surface area contributed by atoms with Gasteiger partial charge in [0.25, 0.3) is 0 Å². The summed E-state index contributed by atoms with van der Waals surface area (Å²) in [6, 6.07) is 11.6. The van der Waals surface area contributed by atoms with E-state index in [0.29, 0.717) is 0 Å². The lowest BCUT2D eigenvalue weighted by atomic mass is 10.2. The van der Waals surface area contributed by atoms with Crippen LogP contribution in [0, 0.1) is 0 Å². The van der Waals surface area contributed by atoms with Gasteiger partial charge in [0.05, 0.1) is 14.9 Å². The highest BCUT2D eigenvalue weighted by atomic mass is 35.5. The molecule has 0 aliphatic heterocycles. The Kier molecular flexibility index (Phi) is 3.07. The van der Waals surface area contributed by atoms with Crippen molar-refractivity contribution in [2.75, 3.05) is 5.73 Å². The Morgan fingerprint density at radius 1 is 1.11 bits per heavy atom. The van der Waals surface area contributed by atoms with Gasteiger partial charge < -0.3 is 5.73 Å². The summed E-state index contributed by atoms with van der Waals surface area (Å²) < 4.78 is 0.777. The monoisotopic (exact) mass is 292 g/mol. The number of aromatic nitrogens is 1. The van der Waals surface area contributed by atoms with Gasteiger partial charge in [-0.15, -0.1) is 22.7 Å². The molecule has 2 heterocycles. The van der Waals surface area contributed by atoms with E-state index in [9.17, 15) is 0 Å². The second-order valence-corrected chi connectivity index (χ2v) is 6.30. The molecule has 0 aliphatic carbocycles. The molecule has 90 valence electrons. The minimum absolute atomic E-state index is 0.752. The molecule has 2 aromatic heterocycles. The Labute approximate surface area is 118 Å². The molecular formula is C13H9ClN2S2. The van der Waals surface area contributed by atoms with Crippen LogP contribution in [0.4, 0.5) is 5.69 Å². The third kappa shape index (κ3) is 2.14. The fraction of sp³-hybridized carbons (Fsp3) is 0. The van der Waals surface area contributed by atoms with E-state index in [1.165, 1.54) is 11.3 Å². The highest BCUT2D eigenvalue weighted by Gasteiger charge is 2.10. The number of para-hydroxylation sites is 1. The molecule has 0 bridgehead atoms. The van der Waals surface area contributed by atoms with Crippen molar-refractivity contribution in [3.8, 4) is 21.1 Å². The zero-order valence-corrected chi connectivity index (χ0v) is 11.6. The van der Waals surface area contributed by atoms with Gasteiger partial charge in [0.15, 0.2) is 0 Å². The number of benzene rings is 1. The van der Waals surface area contributed by atoms with Crippen molar-refractivity contribution in [3.05, 3.63) is 46.1 Å². The van der Waals surface area contributed by atoms with E-state index in [4.69, 9.17) is 17.3 Å². The minimum atomic E-state index is 0.752. The van der Waals surface area contributed by atoms with Gasteiger partial charge in [-0.05, 0) is 24.3 Å². The van der Waals surface area contributed by atoms with Crippen LogP contribution in [0.25, 0.3) is 21.1 Å². The summed E-state index contributed by atoms with van der Waals surface area (Å²) in [4.78, 5) is 5.70. The predicted octanol–water partition coefficient (Wildman–Crippen LogP) is 4.77. The van der Waals surface area contributed by atoms with E-state index < -0.39 is 0 Å². The van der Waals surface area contributed by atoms with E-state index in [2.05, 4.69) is 4.98 Å². The largest absolute Gasteiger partial charge is 0.398 e. The van der Waals surface area contributed by atoms with Crippen LogP contribution >= 0.6 is 34.3 Å². The molecule has 0 amide bonds. The second-order valence-electron chi connectivity index (χ2n) is 3.73. The Morgan fingerprint density at radius 3 is 2.67 bits per heavy atom. The van der Waals surface area contributed by atoms with Gasteiger partial charge in [0.2, 0.25) is 0 Å². The highest BCUT2D eigenvalue weighted by Crippen LogP contribution is 2.35.